The molecular formula is C29H28N2O5. The van der Waals surface area contributed by atoms with Crippen molar-refractivity contribution in [2.75, 3.05) is 25.1 Å². The van der Waals surface area contributed by atoms with Crippen LogP contribution in [0.15, 0.2) is 66.7 Å². The van der Waals surface area contributed by atoms with Crippen LogP contribution < -0.4 is 14.4 Å². The van der Waals surface area contributed by atoms with Crippen molar-refractivity contribution in [1.29, 1.82) is 0 Å². The van der Waals surface area contributed by atoms with E-state index in [0.717, 1.165) is 34.6 Å². The van der Waals surface area contributed by atoms with Crippen molar-refractivity contribution >= 4 is 28.5 Å². The lowest BCUT2D eigenvalue weighted by atomic mass is 10.1. The number of fused-ring (bicyclic) bond motifs is 2. The van der Waals surface area contributed by atoms with Gasteiger partial charge in [0.2, 0.25) is 0 Å². The molecular weight excluding hydrogens is 456 g/mol. The number of likely N-dealkylation sites (N-methyl/N-ethyl adjacent to an activating group) is 1. The molecule has 36 heavy (non-hydrogen) atoms. The SMILES string of the molecule is Cc1cccc2c1O[C@H](COc1ccc(C(=O)n3c(C)cc4c(CC(=O)O)cccc43)cc1)CN2C. The number of nitrogens with zero attached hydrogens (tertiary/aromatic N) is 2. The highest BCUT2D eigenvalue weighted by atomic mass is 16.5. The number of carbonyl (C=O) groups is 2. The number of carbonyl (C=O) groups excluding carboxylic acids is 1. The molecule has 0 aliphatic carbocycles. The molecule has 0 saturated heterocycles. The van der Waals surface area contributed by atoms with Gasteiger partial charge in [-0.3, -0.25) is 14.2 Å². The zero-order chi connectivity index (χ0) is 25.4. The molecule has 0 amide bonds. The van der Waals surface area contributed by atoms with Crippen LogP contribution in [0.5, 0.6) is 11.5 Å². The van der Waals surface area contributed by atoms with Crippen molar-refractivity contribution in [2.24, 2.45) is 0 Å². The first-order chi connectivity index (χ1) is 17.3. The van der Waals surface area contributed by atoms with Crippen LogP contribution in [0, 0.1) is 13.8 Å². The van der Waals surface area contributed by atoms with Crippen LogP contribution in [-0.4, -0.2) is 47.9 Å². The molecule has 4 aromatic rings. The summed E-state index contributed by atoms with van der Waals surface area (Å²) in [6.07, 6.45) is -0.203. The molecule has 1 aliphatic rings. The number of aryl methyl sites for hydroxylation is 2. The number of aromatic nitrogens is 1. The van der Waals surface area contributed by atoms with Crippen LogP contribution in [0.4, 0.5) is 5.69 Å². The van der Waals surface area contributed by atoms with E-state index in [1.165, 1.54) is 0 Å². The maximum Gasteiger partial charge on any atom is 0.307 e. The number of aliphatic carboxylic acids is 1. The zero-order valence-electron chi connectivity index (χ0n) is 20.5. The average Bonchev–Trinajstić information content (AvgIpc) is 3.20. The summed E-state index contributed by atoms with van der Waals surface area (Å²) >= 11 is 0. The molecule has 184 valence electrons. The van der Waals surface area contributed by atoms with E-state index >= 15 is 0 Å². The second-order valence-corrected chi connectivity index (χ2v) is 9.23. The van der Waals surface area contributed by atoms with Crippen molar-refractivity contribution in [3.8, 4) is 11.5 Å². The molecule has 1 aliphatic heterocycles. The number of rotatable bonds is 6. The van der Waals surface area contributed by atoms with Crippen molar-refractivity contribution in [1.82, 2.24) is 4.57 Å². The molecule has 0 fully saturated rings. The van der Waals surface area contributed by atoms with Gasteiger partial charge in [0.25, 0.3) is 5.91 Å². The number of benzene rings is 3. The largest absolute Gasteiger partial charge is 0.490 e. The fraction of sp³-hybridized carbons (Fsp3) is 0.241. The van der Waals surface area contributed by atoms with Gasteiger partial charge in [-0.15, -0.1) is 0 Å². The Hall–Kier alpha value is -4.26. The van der Waals surface area contributed by atoms with E-state index in [0.29, 0.717) is 29.0 Å². The summed E-state index contributed by atoms with van der Waals surface area (Å²) in [6.45, 7) is 4.99. The van der Waals surface area contributed by atoms with E-state index in [9.17, 15) is 14.7 Å². The molecule has 7 nitrogen and oxygen atoms in total. The smallest absolute Gasteiger partial charge is 0.307 e. The summed E-state index contributed by atoms with van der Waals surface area (Å²) in [5, 5.41) is 9.99. The van der Waals surface area contributed by atoms with Gasteiger partial charge in [0.1, 0.15) is 18.1 Å². The van der Waals surface area contributed by atoms with Crippen LogP contribution in [0.25, 0.3) is 10.9 Å². The van der Waals surface area contributed by atoms with Gasteiger partial charge in [-0.25, -0.2) is 0 Å². The molecule has 0 radical (unpaired) electrons. The Bertz CT molecular complexity index is 1450. The first-order valence-corrected chi connectivity index (χ1v) is 11.9. The first kappa shape index (κ1) is 23.5. The summed E-state index contributed by atoms with van der Waals surface area (Å²) in [4.78, 5) is 26.8. The van der Waals surface area contributed by atoms with Gasteiger partial charge in [-0.2, -0.15) is 0 Å². The van der Waals surface area contributed by atoms with Gasteiger partial charge >= 0.3 is 5.97 Å². The number of anilines is 1. The summed E-state index contributed by atoms with van der Waals surface area (Å²) in [6, 6.07) is 20.5. The highest BCUT2D eigenvalue weighted by Crippen LogP contribution is 2.35. The van der Waals surface area contributed by atoms with Crippen molar-refractivity contribution in [3.63, 3.8) is 0 Å². The molecule has 0 unspecified atom stereocenters. The summed E-state index contributed by atoms with van der Waals surface area (Å²) in [5.41, 5.74) is 4.83. The predicted octanol–water partition coefficient (Wildman–Crippen LogP) is 4.85. The Morgan fingerprint density at radius 1 is 1.06 bits per heavy atom. The fourth-order valence-corrected chi connectivity index (χ4v) is 4.81. The van der Waals surface area contributed by atoms with E-state index < -0.39 is 5.97 Å². The Balaban J connectivity index is 1.30. The van der Waals surface area contributed by atoms with Crippen LogP contribution in [0.1, 0.15) is 27.2 Å². The number of carboxylic acids is 1. The van der Waals surface area contributed by atoms with Gasteiger partial charge in [0.05, 0.1) is 24.2 Å². The average molecular weight is 485 g/mol. The molecule has 2 heterocycles. The van der Waals surface area contributed by atoms with Crippen molar-refractivity contribution < 1.29 is 24.2 Å². The molecule has 1 atom stereocenters. The minimum Gasteiger partial charge on any atom is -0.490 e. The van der Waals surface area contributed by atoms with E-state index in [2.05, 4.69) is 11.0 Å². The van der Waals surface area contributed by atoms with Crippen LogP contribution >= 0.6 is 0 Å². The second kappa shape index (κ2) is 9.41. The maximum atomic E-state index is 13.4. The van der Waals surface area contributed by atoms with Crippen LogP contribution in [0.3, 0.4) is 0 Å². The predicted molar refractivity (Wildman–Crippen MR) is 139 cm³/mol. The Labute approximate surface area is 209 Å². The molecule has 5 rings (SSSR count). The lowest BCUT2D eigenvalue weighted by molar-refractivity contribution is -0.136. The van der Waals surface area contributed by atoms with Crippen molar-refractivity contribution in [2.45, 2.75) is 26.4 Å². The molecule has 0 spiro atoms. The third-order valence-corrected chi connectivity index (χ3v) is 6.57. The molecule has 1 N–H and O–H groups in total. The molecule has 0 bridgehead atoms. The van der Waals surface area contributed by atoms with Gasteiger partial charge in [-0.1, -0.05) is 24.3 Å². The van der Waals surface area contributed by atoms with Crippen LogP contribution in [-0.2, 0) is 11.2 Å². The highest BCUT2D eigenvalue weighted by molar-refractivity contribution is 6.04. The zero-order valence-corrected chi connectivity index (χ0v) is 20.5. The van der Waals surface area contributed by atoms with Gasteiger partial charge in [0.15, 0.2) is 6.10 Å². The number of carboxylic acid groups (broad SMARTS) is 1. The third-order valence-electron chi connectivity index (χ3n) is 6.57. The molecule has 3 aromatic carbocycles. The number of para-hydroxylation sites is 1. The quantitative estimate of drug-likeness (QED) is 0.421. The topological polar surface area (TPSA) is 81.0 Å². The molecule has 0 saturated carbocycles. The van der Waals surface area contributed by atoms with E-state index in [-0.39, 0.29) is 18.4 Å². The standard InChI is InChI=1S/C29H28N2O5/c1-18-6-4-9-26-28(18)36-23(16-30(26)3)17-35-22-12-10-20(11-13-22)29(34)31-19(2)14-24-21(15-27(32)33)7-5-8-25(24)31/h4-14,23H,15-17H2,1-3H3,(H,32,33)/t23-/m0/s1. The number of ether oxygens (including phenoxy) is 2. The molecule has 1 aromatic heterocycles. The summed E-state index contributed by atoms with van der Waals surface area (Å²) in [7, 11) is 2.05. The second-order valence-electron chi connectivity index (χ2n) is 9.23. The van der Waals surface area contributed by atoms with Crippen molar-refractivity contribution in [3.05, 3.63) is 89.1 Å². The normalized spacial score (nSPS) is 14.9. The Kier molecular flexibility index (Phi) is 6.14. The first-order valence-electron chi connectivity index (χ1n) is 11.9. The lowest BCUT2D eigenvalue weighted by Gasteiger charge is -2.34. The van der Waals surface area contributed by atoms with Gasteiger partial charge in [0, 0.05) is 23.7 Å². The highest BCUT2D eigenvalue weighted by Gasteiger charge is 2.25. The Morgan fingerprint density at radius 2 is 1.81 bits per heavy atom. The van der Waals surface area contributed by atoms with E-state index in [1.807, 2.05) is 45.2 Å². The van der Waals surface area contributed by atoms with E-state index in [1.54, 1.807) is 41.0 Å². The third kappa shape index (κ3) is 4.40. The van der Waals surface area contributed by atoms with Gasteiger partial charge in [-0.05, 0) is 67.4 Å². The van der Waals surface area contributed by atoms with E-state index in [4.69, 9.17) is 9.47 Å². The molecule has 7 heteroatoms. The summed E-state index contributed by atoms with van der Waals surface area (Å²) in [5.74, 6) is 0.470. The minimum atomic E-state index is -0.903. The monoisotopic (exact) mass is 484 g/mol. The van der Waals surface area contributed by atoms with Crippen LogP contribution in [0.2, 0.25) is 0 Å². The maximum absolute atomic E-state index is 13.4. The Morgan fingerprint density at radius 3 is 2.56 bits per heavy atom. The number of hydrogen-bond acceptors (Lipinski definition) is 5. The van der Waals surface area contributed by atoms with Gasteiger partial charge < -0.3 is 19.5 Å². The number of hydrogen-bond donors (Lipinski definition) is 1. The fourth-order valence-electron chi connectivity index (χ4n) is 4.81. The lowest BCUT2D eigenvalue weighted by Crippen LogP contribution is -2.41. The minimum absolute atomic E-state index is 0.0906. The summed E-state index contributed by atoms with van der Waals surface area (Å²) < 4.78 is 13.8.